The van der Waals surface area contributed by atoms with Gasteiger partial charge >= 0.3 is 0 Å². The van der Waals surface area contributed by atoms with Crippen LogP contribution in [-0.2, 0) is 9.53 Å². The number of benzene rings is 1. The van der Waals surface area contributed by atoms with Gasteiger partial charge in [-0.05, 0) is 19.8 Å². The minimum absolute atomic E-state index is 0.0822. The molecule has 0 saturated carbocycles. The largest absolute Gasteiger partial charge is 0.507 e. The van der Waals surface area contributed by atoms with Crippen LogP contribution < -0.4 is 4.74 Å². The lowest BCUT2D eigenvalue weighted by molar-refractivity contribution is -0.119. The molecule has 2 aliphatic rings. The molecule has 0 radical (unpaired) electrons. The quantitative estimate of drug-likeness (QED) is 0.813. The molecule has 1 aromatic rings. The van der Waals surface area contributed by atoms with E-state index < -0.39 is 29.2 Å². The number of hydrogen-bond donors (Lipinski definition) is 2. The van der Waals surface area contributed by atoms with E-state index in [4.69, 9.17) is 9.47 Å². The van der Waals surface area contributed by atoms with Gasteiger partial charge in [0.1, 0.15) is 17.6 Å². The number of carbonyl (C=O) groups is 3. The maximum Gasteiger partial charge on any atom is 0.232 e. The van der Waals surface area contributed by atoms with Crippen LogP contribution in [0.15, 0.2) is 17.4 Å². The van der Waals surface area contributed by atoms with E-state index in [-0.39, 0.29) is 46.8 Å². The smallest absolute Gasteiger partial charge is 0.232 e. The predicted molar refractivity (Wildman–Crippen MR) is 81.4 cm³/mol. The summed E-state index contributed by atoms with van der Waals surface area (Å²) in [5, 5.41) is 20.3. The van der Waals surface area contributed by atoms with E-state index >= 15 is 0 Å². The third-order valence-corrected chi connectivity index (χ3v) is 4.19. The van der Waals surface area contributed by atoms with Gasteiger partial charge in [0.2, 0.25) is 5.78 Å². The van der Waals surface area contributed by atoms with Gasteiger partial charge in [-0.3, -0.25) is 14.4 Å². The minimum Gasteiger partial charge on any atom is -0.507 e. The number of ketones is 3. The van der Waals surface area contributed by atoms with Crippen LogP contribution >= 0.6 is 0 Å². The zero-order valence-corrected chi connectivity index (χ0v) is 13.2. The molecule has 126 valence electrons. The van der Waals surface area contributed by atoms with Crippen LogP contribution in [-0.4, -0.2) is 40.8 Å². The summed E-state index contributed by atoms with van der Waals surface area (Å²) in [6.45, 7) is 1.42. The van der Waals surface area contributed by atoms with Gasteiger partial charge in [0.05, 0.1) is 18.2 Å². The molecule has 7 nitrogen and oxygen atoms in total. The highest BCUT2D eigenvalue weighted by atomic mass is 16.5. The molecule has 0 fully saturated rings. The summed E-state index contributed by atoms with van der Waals surface area (Å²) in [5.41, 5.74) is -0.420. The van der Waals surface area contributed by atoms with Crippen LogP contribution in [0.2, 0.25) is 0 Å². The Morgan fingerprint density at radius 1 is 1.29 bits per heavy atom. The monoisotopic (exact) mass is 332 g/mol. The molecule has 3 rings (SSSR count). The summed E-state index contributed by atoms with van der Waals surface area (Å²) in [6, 6.07) is 1.09. The third kappa shape index (κ3) is 2.33. The summed E-state index contributed by atoms with van der Waals surface area (Å²) in [6.07, 6.45) is 0.348. The average Bonchev–Trinajstić information content (AvgIpc) is 2.53. The van der Waals surface area contributed by atoms with Crippen molar-refractivity contribution in [3.8, 4) is 17.2 Å². The van der Waals surface area contributed by atoms with E-state index in [1.54, 1.807) is 0 Å². The van der Waals surface area contributed by atoms with Crippen molar-refractivity contribution in [3.63, 3.8) is 0 Å². The number of hydrogen-bond acceptors (Lipinski definition) is 7. The lowest BCUT2D eigenvalue weighted by Gasteiger charge is -2.30. The fraction of sp³-hybridized carbons (Fsp3) is 0.353. The highest BCUT2D eigenvalue weighted by molar-refractivity contribution is 6.28. The Morgan fingerprint density at radius 3 is 2.62 bits per heavy atom. The van der Waals surface area contributed by atoms with Crippen molar-refractivity contribution >= 4 is 17.3 Å². The van der Waals surface area contributed by atoms with E-state index in [2.05, 4.69) is 0 Å². The highest BCUT2D eigenvalue weighted by Crippen LogP contribution is 2.45. The first-order valence-corrected chi connectivity index (χ1v) is 7.46. The number of phenols is 2. The van der Waals surface area contributed by atoms with Crippen molar-refractivity contribution in [1.82, 2.24) is 0 Å². The summed E-state index contributed by atoms with van der Waals surface area (Å²) >= 11 is 0. The summed E-state index contributed by atoms with van der Waals surface area (Å²) < 4.78 is 10.5. The lowest BCUT2D eigenvalue weighted by Crippen LogP contribution is -2.31. The maximum atomic E-state index is 12.7. The second-order valence-corrected chi connectivity index (χ2v) is 5.85. The number of ether oxygens (including phenoxy) is 2. The maximum absolute atomic E-state index is 12.7. The molecule has 1 atom stereocenters. The molecule has 2 N–H and O–H groups in total. The van der Waals surface area contributed by atoms with Gasteiger partial charge in [-0.25, -0.2) is 0 Å². The van der Waals surface area contributed by atoms with Gasteiger partial charge in [-0.15, -0.1) is 0 Å². The van der Waals surface area contributed by atoms with Crippen molar-refractivity contribution in [3.05, 3.63) is 28.5 Å². The molecule has 1 aliphatic carbocycles. The summed E-state index contributed by atoms with van der Waals surface area (Å²) in [4.78, 5) is 36.6. The van der Waals surface area contributed by atoms with E-state index in [1.807, 2.05) is 0 Å². The molecule has 0 saturated heterocycles. The number of Topliss-reactive ketones (excluding diaryl/α,β-unsaturated/α-hetero) is 3. The Morgan fingerprint density at radius 2 is 2.00 bits per heavy atom. The van der Waals surface area contributed by atoms with E-state index in [0.29, 0.717) is 6.42 Å². The SMILES string of the molecule is COc1cc(O)c2c(c1O)C(=O)C1=C(CCC(CC(C)=O)O1)C2=O. The number of allylic oxidation sites excluding steroid dienone is 2. The van der Waals surface area contributed by atoms with Crippen LogP contribution in [0.1, 0.15) is 46.9 Å². The van der Waals surface area contributed by atoms with Crippen LogP contribution in [0.3, 0.4) is 0 Å². The van der Waals surface area contributed by atoms with Gasteiger partial charge in [-0.1, -0.05) is 0 Å². The van der Waals surface area contributed by atoms with E-state index in [0.717, 1.165) is 6.07 Å². The Hall–Kier alpha value is -2.83. The first-order chi connectivity index (χ1) is 11.3. The standard InChI is InChI=1S/C17H16O7/c1-7(18)5-8-3-4-9-14(20)12-10(19)6-11(23-2)15(21)13(12)16(22)17(9)24-8/h6,8,19,21H,3-5H2,1-2H3. The fourth-order valence-corrected chi connectivity index (χ4v) is 3.09. The van der Waals surface area contributed by atoms with Crippen LogP contribution in [0.4, 0.5) is 0 Å². The van der Waals surface area contributed by atoms with Crippen molar-refractivity contribution in [1.29, 1.82) is 0 Å². The minimum atomic E-state index is -0.695. The van der Waals surface area contributed by atoms with Crippen LogP contribution in [0.5, 0.6) is 17.2 Å². The Bertz CT molecular complexity index is 804. The van der Waals surface area contributed by atoms with E-state index in [1.165, 1.54) is 14.0 Å². The second-order valence-electron chi connectivity index (χ2n) is 5.85. The first-order valence-electron chi connectivity index (χ1n) is 7.46. The molecule has 7 heteroatoms. The molecular formula is C17H16O7. The second kappa shape index (κ2) is 5.67. The number of carbonyl (C=O) groups excluding carboxylic acids is 3. The molecule has 1 aromatic carbocycles. The topological polar surface area (TPSA) is 110 Å². The Balaban J connectivity index is 2.10. The third-order valence-electron chi connectivity index (χ3n) is 4.19. The zero-order chi connectivity index (χ0) is 17.6. The van der Waals surface area contributed by atoms with Crippen molar-refractivity contribution in [2.75, 3.05) is 7.11 Å². The lowest BCUT2D eigenvalue weighted by atomic mass is 9.82. The van der Waals surface area contributed by atoms with Gasteiger partial charge in [0, 0.05) is 18.1 Å². The molecule has 24 heavy (non-hydrogen) atoms. The zero-order valence-electron chi connectivity index (χ0n) is 13.2. The Labute approximate surface area is 137 Å². The fourth-order valence-electron chi connectivity index (χ4n) is 3.09. The van der Waals surface area contributed by atoms with Crippen molar-refractivity contribution < 1.29 is 34.1 Å². The number of methoxy groups -OCH3 is 1. The molecule has 0 spiro atoms. The normalized spacial score (nSPS) is 19.5. The summed E-state index contributed by atoms with van der Waals surface area (Å²) in [7, 11) is 1.26. The van der Waals surface area contributed by atoms with Gasteiger partial charge in [0.25, 0.3) is 0 Å². The number of rotatable bonds is 3. The van der Waals surface area contributed by atoms with Gasteiger partial charge < -0.3 is 19.7 Å². The predicted octanol–water partition coefficient (Wildman–Crippen LogP) is 1.90. The number of aromatic hydroxyl groups is 2. The van der Waals surface area contributed by atoms with Gasteiger partial charge in [0.15, 0.2) is 23.0 Å². The molecule has 0 amide bonds. The van der Waals surface area contributed by atoms with Gasteiger partial charge in [-0.2, -0.15) is 0 Å². The molecule has 0 aromatic heterocycles. The highest BCUT2D eigenvalue weighted by Gasteiger charge is 2.41. The first kappa shape index (κ1) is 16.0. The molecule has 1 heterocycles. The molecule has 1 aliphatic heterocycles. The van der Waals surface area contributed by atoms with Crippen molar-refractivity contribution in [2.24, 2.45) is 0 Å². The van der Waals surface area contributed by atoms with Crippen LogP contribution in [0, 0.1) is 0 Å². The molecule has 0 bridgehead atoms. The van der Waals surface area contributed by atoms with Crippen LogP contribution in [0.25, 0.3) is 0 Å². The summed E-state index contributed by atoms with van der Waals surface area (Å²) in [5.74, 6) is -2.57. The van der Waals surface area contributed by atoms with Crippen molar-refractivity contribution in [2.45, 2.75) is 32.3 Å². The van der Waals surface area contributed by atoms with E-state index in [9.17, 15) is 24.6 Å². The molecular weight excluding hydrogens is 316 g/mol. The number of fused-ring (bicyclic) bond motifs is 1. The molecule has 1 unspecified atom stereocenters. The average molecular weight is 332 g/mol. The number of phenolic OH excluding ortho intramolecular Hbond substituents is 2. The Kier molecular flexibility index (Phi) is 3.79.